The van der Waals surface area contributed by atoms with Crippen LogP contribution in [0.2, 0.25) is 0 Å². The van der Waals surface area contributed by atoms with Gasteiger partial charge in [-0.15, -0.1) is 0 Å². The zero-order valence-electron chi connectivity index (χ0n) is 18.9. The molecule has 0 aliphatic heterocycles. The van der Waals surface area contributed by atoms with Crippen LogP contribution in [0.3, 0.4) is 0 Å². The molecule has 0 spiro atoms. The third kappa shape index (κ3) is 6.16. The van der Waals surface area contributed by atoms with Gasteiger partial charge in [-0.1, -0.05) is 12.2 Å². The van der Waals surface area contributed by atoms with Gasteiger partial charge in [0, 0.05) is 36.5 Å². The molecule has 0 unspecified atom stereocenters. The summed E-state index contributed by atoms with van der Waals surface area (Å²) in [6, 6.07) is 0.251. The lowest BCUT2D eigenvalue weighted by Gasteiger charge is -2.21. The molecule has 34 heavy (non-hydrogen) atoms. The Bertz CT molecular complexity index is 1140. The molecule has 0 aliphatic carbocycles. The number of aromatic nitrogens is 1. The summed E-state index contributed by atoms with van der Waals surface area (Å²) in [6.45, 7) is 2.79. The number of methoxy groups -OCH3 is 2. The molecular weight excluding hydrogens is 457 g/mol. The van der Waals surface area contributed by atoms with E-state index in [4.69, 9.17) is 15.2 Å². The summed E-state index contributed by atoms with van der Waals surface area (Å²) in [5, 5.41) is 2.21. The van der Waals surface area contributed by atoms with E-state index in [2.05, 4.69) is 10.7 Å². The minimum Gasteiger partial charge on any atom is -0.490 e. The molecule has 1 aromatic carbocycles. The molecule has 12 heteroatoms. The fourth-order valence-electron chi connectivity index (χ4n) is 2.94. The highest BCUT2D eigenvalue weighted by Gasteiger charge is 2.26. The zero-order valence-corrected chi connectivity index (χ0v) is 18.9. The van der Waals surface area contributed by atoms with E-state index in [9.17, 15) is 27.6 Å². The topological polar surface area (TPSA) is 125 Å². The molecule has 1 amide bonds. The number of nitrogens with one attached hydrogen (secondary N) is 2. The summed E-state index contributed by atoms with van der Waals surface area (Å²) in [5.41, 5.74) is 6.21. The molecule has 0 radical (unpaired) electrons. The fraction of sp³-hybridized carbons (Fsp3) is 0.318. The fourth-order valence-corrected chi connectivity index (χ4v) is 2.94. The molecule has 2 atom stereocenters. The molecule has 0 fully saturated rings. The Morgan fingerprint density at radius 2 is 1.76 bits per heavy atom. The van der Waals surface area contributed by atoms with E-state index in [1.807, 2.05) is 0 Å². The van der Waals surface area contributed by atoms with Crippen molar-refractivity contribution in [3.05, 3.63) is 75.0 Å². The molecule has 9 nitrogen and oxygen atoms in total. The van der Waals surface area contributed by atoms with E-state index in [1.165, 1.54) is 0 Å². The van der Waals surface area contributed by atoms with Crippen LogP contribution in [0, 0.1) is 17.5 Å². The Morgan fingerprint density at radius 1 is 1.15 bits per heavy atom. The van der Waals surface area contributed by atoms with Crippen LogP contribution in [-0.4, -0.2) is 42.9 Å². The van der Waals surface area contributed by atoms with Crippen LogP contribution in [0.5, 0.6) is 5.75 Å². The molecule has 0 bridgehead atoms. The van der Waals surface area contributed by atoms with Crippen molar-refractivity contribution in [1.29, 1.82) is 0 Å². The Labute approximate surface area is 193 Å². The molecule has 2 rings (SSSR count). The third-order valence-electron chi connectivity index (χ3n) is 4.57. The minimum atomic E-state index is -1.20. The van der Waals surface area contributed by atoms with Gasteiger partial charge in [-0.2, -0.15) is 0 Å². The lowest BCUT2D eigenvalue weighted by atomic mass is 10.1. The van der Waals surface area contributed by atoms with Gasteiger partial charge in [-0.25, -0.2) is 18.0 Å². The molecule has 0 saturated carbocycles. The smallest absolute Gasteiger partial charge is 0.360 e. The predicted octanol–water partition coefficient (Wildman–Crippen LogP) is 1.83. The molecular formula is C22H25F3N4O5. The lowest BCUT2D eigenvalue weighted by molar-refractivity contribution is 0.0583. The number of nitrogens with two attached hydrogens (primary N) is 1. The van der Waals surface area contributed by atoms with Gasteiger partial charge < -0.3 is 25.9 Å². The number of amides is 1. The van der Waals surface area contributed by atoms with Crippen LogP contribution < -0.4 is 26.6 Å². The van der Waals surface area contributed by atoms with E-state index in [-0.39, 0.29) is 11.7 Å². The van der Waals surface area contributed by atoms with Crippen LogP contribution in [0.1, 0.15) is 40.3 Å². The highest BCUT2D eigenvalue weighted by Crippen LogP contribution is 2.17. The van der Waals surface area contributed by atoms with Crippen LogP contribution >= 0.6 is 0 Å². The largest absolute Gasteiger partial charge is 0.490 e. The molecule has 1 heterocycles. The average Bonchev–Trinajstić information content (AvgIpc) is 2.76. The summed E-state index contributed by atoms with van der Waals surface area (Å²) in [5.74, 6) is -5.95. The SMILES string of the molecule is COC(=O)c1c(OC)c(=O)c(C(=O)NCc2c(F)cc(F)cc2F)cn1N[C@H](C)/C=C\[C@H](C)N. The number of nitrogens with zero attached hydrogens (tertiary/aromatic N) is 1. The summed E-state index contributed by atoms with van der Waals surface area (Å²) in [7, 11) is 2.22. The van der Waals surface area contributed by atoms with Crippen molar-refractivity contribution in [3.8, 4) is 5.75 Å². The standard InChI is InChI=1S/C22H25F3N4O5/c1-11(26)5-6-12(2)28-29-10-15(19(30)20(33-3)18(29)22(32)34-4)21(31)27-9-14-16(24)7-13(23)8-17(14)25/h5-8,10-12,28H,9,26H2,1-4H3,(H,27,31)/b6-5-/t11-,12+/m0/s1. The van der Waals surface area contributed by atoms with Crippen molar-refractivity contribution in [3.63, 3.8) is 0 Å². The zero-order chi connectivity index (χ0) is 25.6. The van der Waals surface area contributed by atoms with Crippen molar-refractivity contribution < 1.29 is 32.2 Å². The highest BCUT2D eigenvalue weighted by molar-refractivity contribution is 5.97. The quantitative estimate of drug-likeness (QED) is 0.368. The van der Waals surface area contributed by atoms with Crippen molar-refractivity contribution in [2.75, 3.05) is 19.6 Å². The molecule has 184 valence electrons. The van der Waals surface area contributed by atoms with Gasteiger partial charge in [-0.3, -0.25) is 14.3 Å². The number of esters is 1. The summed E-state index contributed by atoms with van der Waals surface area (Å²) < 4.78 is 51.8. The van der Waals surface area contributed by atoms with Crippen LogP contribution in [0.15, 0.2) is 35.3 Å². The van der Waals surface area contributed by atoms with Gasteiger partial charge in [0.15, 0.2) is 11.4 Å². The highest BCUT2D eigenvalue weighted by atomic mass is 19.1. The first-order chi connectivity index (χ1) is 16.0. The molecule has 0 aliphatic rings. The van der Waals surface area contributed by atoms with Crippen LogP contribution in [0.4, 0.5) is 13.2 Å². The first-order valence-corrected chi connectivity index (χ1v) is 10.0. The Hall–Kier alpha value is -3.80. The first kappa shape index (κ1) is 26.5. The van der Waals surface area contributed by atoms with Crippen molar-refractivity contribution >= 4 is 11.9 Å². The van der Waals surface area contributed by atoms with Gasteiger partial charge >= 0.3 is 5.97 Å². The molecule has 0 saturated heterocycles. The molecule has 2 aromatic rings. The Morgan fingerprint density at radius 3 is 2.29 bits per heavy atom. The number of rotatable bonds is 9. The van der Waals surface area contributed by atoms with Crippen molar-refractivity contribution in [2.24, 2.45) is 5.73 Å². The molecule has 1 aromatic heterocycles. The average molecular weight is 482 g/mol. The maximum atomic E-state index is 13.9. The van der Waals surface area contributed by atoms with E-state index >= 15 is 0 Å². The van der Waals surface area contributed by atoms with Gasteiger partial charge in [-0.05, 0) is 13.8 Å². The second-order valence-corrected chi connectivity index (χ2v) is 7.31. The van der Waals surface area contributed by atoms with Crippen molar-refractivity contribution in [1.82, 2.24) is 9.99 Å². The van der Waals surface area contributed by atoms with E-state index in [0.717, 1.165) is 25.1 Å². The molecule has 4 N–H and O–H groups in total. The maximum Gasteiger partial charge on any atom is 0.360 e. The lowest BCUT2D eigenvalue weighted by Crippen LogP contribution is -2.36. The number of hydrogen-bond acceptors (Lipinski definition) is 7. The van der Waals surface area contributed by atoms with Crippen LogP contribution in [0.25, 0.3) is 0 Å². The number of pyridine rings is 1. The predicted molar refractivity (Wildman–Crippen MR) is 118 cm³/mol. The first-order valence-electron chi connectivity index (χ1n) is 10.0. The summed E-state index contributed by atoms with van der Waals surface area (Å²) >= 11 is 0. The Balaban J connectivity index is 2.48. The van der Waals surface area contributed by atoms with Gasteiger partial charge in [0.05, 0.1) is 20.3 Å². The number of carbonyl (C=O) groups excluding carboxylic acids is 2. The number of carbonyl (C=O) groups is 2. The van der Waals surface area contributed by atoms with Gasteiger partial charge in [0.1, 0.15) is 23.0 Å². The second-order valence-electron chi connectivity index (χ2n) is 7.31. The maximum absolute atomic E-state index is 13.9. The Kier molecular flexibility index (Phi) is 8.84. The number of hydrogen-bond donors (Lipinski definition) is 3. The van der Waals surface area contributed by atoms with Crippen LogP contribution in [-0.2, 0) is 11.3 Å². The normalized spacial score (nSPS) is 12.8. The van der Waals surface area contributed by atoms with E-state index < -0.39 is 64.2 Å². The third-order valence-corrected chi connectivity index (χ3v) is 4.57. The van der Waals surface area contributed by atoms with E-state index in [0.29, 0.717) is 12.1 Å². The number of halogens is 3. The minimum absolute atomic E-state index is 0.249. The number of ether oxygens (including phenoxy) is 2. The second kappa shape index (κ2) is 11.4. The summed E-state index contributed by atoms with van der Waals surface area (Å²) in [4.78, 5) is 37.9. The van der Waals surface area contributed by atoms with E-state index in [1.54, 1.807) is 26.0 Å². The number of benzene rings is 1. The van der Waals surface area contributed by atoms with Gasteiger partial charge in [0.2, 0.25) is 5.43 Å². The van der Waals surface area contributed by atoms with Crippen molar-refractivity contribution in [2.45, 2.75) is 32.5 Å². The van der Waals surface area contributed by atoms with Gasteiger partial charge in [0.25, 0.3) is 5.91 Å². The monoisotopic (exact) mass is 482 g/mol. The summed E-state index contributed by atoms with van der Waals surface area (Å²) in [6.07, 6.45) is 4.41.